The van der Waals surface area contributed by atoms with Crippen LogP contribution in [0.4, 0.5) is 11.6 Å². The molecule has 0 amide bonds. The maximum atomic E-state index is 6.06. The Morgan fingerprint density at radius 3 is 2.55 bits per heavy atom. The molecule has 2 fully saturated rings. The van der Waals surface area contributed by atoms with Crippen LogP contribution in [0, 0.1) is 12.8 Å². The molecule has 1 aromatic rings. The van der Waals surface area contributed by atoms with Gasteiger partial charge in [0.2, 0.25) is 0 Å². The molecule has 1 saturated carbocycles. The normalized spacial score (nSPS) is 20.1. The molecule has 1 aliphatic heterocycles. The summed E-state index contributed by atoms with van der Waals surface area (Å²) in [6, 6.07) is 0. The first-order valence-corrected chi connectivity index (χ1v) is 7.58. The van der Waals surface area contributed by atoms with E-state index in [0.717, 1.165) is 49.8 Å². The van der Waals surface area contributed by atoms with Gasteiger partial charge < -0.3 is 15.4 Å². The first-order valence-electron chi connectivity index (χ1n) is 7.58. The molecule has 0 spiro atoms. The van der Waals surface area contributed by atoms with Gasteiger partial charge in [-0.2, -0.15) is 0 Å². The van der Waals surface area contributed by atoms with Gasteiger partial charge in [-0.15, -0.1) is 0 Å². The maximum Gasteiger partial charge on any atom is 0.137 e. The van der Waals surface area contributed by atoms with Gasteiger partial charge in [0.15, 0.2) is 0 Å². The SMILES string of the molecule is Cc1c(N)nc(C2CC2)nc1N(C)CC1CCOCC1. The van der Waals surface area contributed by atoms with Gasteiger partial charge in [-0.3, -0.25) is 0 Å². The second kappa shape index (κ2) is 5.56. The molecule has 2 heterocycles. The molecule has 1 aromatic heterocycles. The van der Waals surface area contributed by atoms with Crippen molar-refractivity contribution < 1.29 is 4.74 Å². The van der Waals surface area contributed by atoms with Crippen molar-refractivity contribution >= 4 is 11.6 Å². The molecule has 5 heteroatoms. The molecule has 0 atom stereocenters. The average molecular weight is 276 g/mol. The fraction of sp³-hybridized carbons (Fsp3) is 0.733. The van der Waals surface area contributed by atoms with Gasteiger partial charge in [0.25, 0.3) is 0 Å². The lowest BCUT2D eigenvalue weighted by atomic mass is 10.00. The highest BCUT2D eigenvalue weighted by Gasteiger charge is 2.28. The second-order valence-electron chi connectivity index (χ2n) is 6.13. The van der Waals surface area contributed by atoms with Gasteiger partial charge in [-0.25, -0.2) is 9.97 Å². The number of hydrogen-bond donors (Lipinski definition) is 1. The topological polar surface area (TPSA) is 64.3 Å². The van der Waals surface area contributed by atoms with Gasteiger partial charge in [0.1, 0.15) is 17.5 Å². The van der Waals surface area contributed by atoms with E-state index in [-0.39, 0.29) is 0 Å². The Bertz CT molecular complexity index is 481. The van der Waals surface area contributed by atoms with Crippen molar-refractivity contribution in [3.63, 3.8) is 0 Å². The minimum absolute atomic E-state index is 0.535. The fourth-order valence-corrected chi connectivity index (χ4v) is 2.84. The minimum atomic E-state index is 0.535. The molecule has 5 nitrogen and oxygen atoms in total. The summed E-state index contributed by atoms with van der Waals surface area (Å²) >= 11 is 0. The summed E-state index contributed by atoms with van der Waals surface area (Å²) in [6.45, 7) is 4.81. The monoisotopic (exact) mass is 276 g/mol. The Balaban J connectivity index is 1.76. The molecule has 1 saturated heterocycles. The molecule has 2 N–H and O–H groups in total. The van der Waals surface area contributed by atoms with Gasteiger partial charge in [0.05, 0.1) is 0 Å². The van der Waals surface area contributed by atoms with Gasteiger partial charge >= 0.3 is 0 Å². The van der Waals surface area contributed by atoms with Crippen LogP contribution in [0.25, 0.3) is 0 Å². The lowest BCUT2D eigenvalue weighted by Gasteiger charge is -2.29. The van der Waals surface area contributed by atoms with Crippen LogP contribution in [0.15, 0.2) is 0 Å². The molecular formula is C15H24N4O. The van der Waals surface area contributed by atoms with E-state index in [1.165, 1.54) is 12.8 Å². The van der Waals surface area contributed by atoms with Crippen LogP contribution in [-0.2, 0) is 4.74 Å². The Kier molecular flexibility index (Phi) is 3.78. The molecule has 0 aromatic carbocycles. The first kappa shape index (κ1) is 13.6. The smallest absolute Gasteiger partial charge is 0.137 e. The third-order valence-electron chi connectivity index (χ3n) is 4.35. The molecule has 0 radical (unpaired) electrons. The van der Waals surface area contributed by atoms with Crippen LogP contribution in [0.1, 0.15) is 43.0 Å². The number of nitrogens with zero attached hydrogens (tertiary/aromatic N) is 3. The summed E-state index contributed by atoms with van der Waals surface area (Å²) in [6.07, 6.45) is 4.68. The number of anilines is 2. The van der Waals surface area contributed by atoms with E-state index < -0.39 is 0 Å². The van der Waals surface area contributed by atoms with Gasteiger partial charge in [0, 0.05) is 38.3 Å². The van der Waals surface area contributed by atoms with E-state index >= 15 is 0 Å². The first-order chi connectivity index (χ1) is 9.65. The molecule has 3 rings (SSSR count). The van der Waals surface area contributed by atoms with Crippen molar-refractivity contribution in [2.24, 2.45) is 5.92 Å². The summed E-state index contributed by atoms with van der Waals surface area (Å²) in [5.41, 5.74) is 7.06. The molecule has 0 bridgehead atoms. The highest BCUT2D eigenvalue weighted by molar-refractivity contribution is 5.56. The molecular weight excluding hydrogens is 252 g/mol. The third kappa shape index (κ3) is 2.87. The minimum Gasteiger partial charge on any atom is -0.383 e. The average Bonchev–Trinajstić information content (AvgIpc) is 3.27. The van der Waals surface area contributed by atoms with Gasteiger partial charge in [-0.1, -0.05) is 0 Å². The van der Waals surface area contributed by atoms with E-state index in [4.69, 9.17) is 15.5 Å². The van der Waals surface area contributed by atoms with E-state index in [0.29, 0.717) is 17.7 Å². The fourth-order valence-electron chi connectivity index (χ4n) is 2.84. The van der Waals surface area contributed by atoms with Crippen molar-refractivity contribution in [2.75, 3.05) is 37.4 Å². The Hall–Kier alpha value is -1.36. The predicted octanol–water partition coefficient (Wildman–Crippen LogP) is 2.11. The van der Waals surface area contributed by atoms with Crippen LogP contribution in [-0.4, -0.2) is 36.8 Å². The summed E-state index contributed by atoms with van der Waals surface area (Å²) < 4.78 is 5.42. The van der Waals surface area contributed by atoms with Crippen molar-refractivity contribution in [3.05, 3.63) is 11.4 Å². The van der Waals surface area contributed by atoms with Crippen LogP contribution in [0.2, 0.25) is 0 Å². The second-order valence-corrected chi connectivity index (χ2v) is 6.13. The summed E-state index contributed by atoms with van der Waals surface area (Å²) in [4.78, 5) is 11.5. The summed E-state index contributed by atoms with van der Waals surface area (Å²) in [5.74, 6) is 3.80. The Labute approximate surface area is 120 Å². The van der Waals surface area contributed by atoms with Crippen LogP contribution in [0.5, 0.6) is 0 Å². The van der Waals surface area contributed by atoms with E-state index in [9.17, 15) is 0 Å². The molecule has 2 aliphatic rings. The third-order valence-corrected chi connectivity index (χ3v) is 4.35. The largest absolute Gasteiger partial charge is 0.383 e. The molecule has 0 unspecified atom stereocenters. The van der Waals surface area contributed by atoms with Crippen molar-refractivity contribution in [3.8, 4) is 0 Å². The highest BCUT2D eigenvalue weighted by atomic mass is 16.5. The zero-order valence-electron chi connectivity index (χ0n) is 12.4. The standard InChI is InChI=1S/C15H24N4O/c1-10-13(16)17-14(12-3-4-12)18-15(10)19(2)9-11-5-7-20-8-6-11/h11-12H,3-9H2,1-2H3,(H2,16,17,18). The van der Waals surface area contributed by atoms with E-state index in [1.54, 1.807) is 0 Å². The summed E-state index contributed by atoms with van der Waals surface area (Å²) in [7, 11) is 2.11. The number of ether oxygens (including phenoxy) is 1. The van der Waals surface area contributed by atoms with Crippen LogP contribution < -0.4 is 10.6 Å². The zero-order chi connectivity index (χ0) is 14.1. The Morgan fingerprint density at radius 1 is 1.20 bits per heavy atom. The molecule has 1 aliphatic carbocycles. The predicted molar refractivity (Wildman–Crippen MR) is 80.0 cm³/mol. The number of nitrogen functional groups attached to an aromatic ring is 1. The van der Waals surface area contributed by atoms with Crippen molar-refractivity contribution in [1.82, 2.24) is 9.97 Å². The summed E-state index contributed by atoms with van der Waals surface area (Å²) in [5, 5.41) is 0. The lowest BCUT2D eigenvalue weighted by molar-refractivity contribution is 0.0685. The zero-order valence-corrected chi connectivity index (χ0v) is 12.4. The maximum absolute atomic E-state index is 6.06. The van der Waals surface area contributed by atoms with E-state index in [2.05, 4.69) is 16.9 Å². The van der Waals surface area contributed by atoms with E-state index in [1.807, 2.05) is 6.92 Å². The number of nitrogens with two attached hydrogens (primary N) is 1. The van der Waals surface area contributed by atoms with Crippen LogP contribution >= 0.6 is 0 Å². The number of aromatic nitrogens is 2. The van der Waals surface area contributed by atoms with Gasteiger partial charge in [-0.05, 0) is 38.5 Å². The quantitative estimate of drug-likeness (QED) is 0.912. The lowest BCUT2D eigenvalue weighted by Crippen LogP contribution is -2.31. The van der Waals surface area contributed by atoms with Crippen LogP contribution in [0.3, 0.4) is 0 Å². The van der Waals surface area contributed by atoms with Crippen molar-refractivity contribution in [2.45, 2.75) is 38.5 Å². The number of hydrogen-bond acceptors (Lipinski definition) is 5. The number of rotatable bonds is 4. The molecule has 110 valence electrons. The highest BCUT2D eigenvalue weighted by Crippen LogP contribution is 2.39. The van der Waals surface area contributed by atoms with Crippen molar-refractivity contribution in [1.29, 1.82) is 0 Å². The molecule has 20 heavy (non-hydrogen) atoms. The Morgan fingerprint density at radius 2 is 1.90 bits per heavy atom.